The Morgan fingerprint density at radius 1 is 0.522 bits per heavy atom. The van der Waals surface area contributed by atoms with Crippen LogP contribution in [0.3, 0.4) is 0 Å². The number of amides is 1. The second-order valence-electron chi connectivity index (χ2n) is 18.8. The van der Waals surface area contributed by atoms with E-state index in [4.69, 9.17) is 43.7 Å². The number of anilines is 2. The van der Waals surface area contributed by atoms with Gasteiger partial charge in [-0.1, -0.05) is 51.9 Å². The van der Waals surface area contributed by atoms with Crippen LogP contribution in [0.15, 0.2) is 163 Å². The summed E-state index contributed by atoms with van der Waals surface area (Å²) in [6, 6.07) is 42.5. The van der Waals surface area contributed by atoms with Gasteiger partial charge in [0, 0.05) is 98.1 Å². The van der Waals surface area contributed by atoms with Crippen LogP contribution in [0.5, 0.6) is 17.2 Å². The van der Waals surface area contributed by atoms with E-state index in [1.165, 1.54) is 7.11 Å². The molecule has 0 unspecified atom stereocenters. The van der Waals surface area contributed by atoms with Crippen molar-refractivity contribution in [2.24, 2.45) is 5.73 Å². The van der Waals surface area contributed by atoms with Crippen molar-refractivity contribution < 1.29 is 92.1 Å². The third-order valence-corrected chi connectivity index (χ3v) is 12.9. The van der Waals surface area contributed by atoms with E-state index in [0.29, 0.717) is 104 Å². The molecule has 90 heavy (non-hydrogen) atoms. The van der Waals surface area contributed by atoms with Gasteiger partial charge < -0.3 is 69.9 Å². The molecule has 27 heteroatoms. The summed E-state index contributed by atoms with van der Waals surface area (Å²) in [5.41, 5.74) is 9.83. The Labute approximate surface area is 539 Å². The first kappa shape index (κ1) is 72.8. The Bertz CT molecular complexity index is 3870. The maximum absolute atomic E-state index is 12.2. The number of carboxylic acids is 1. The van der Waals surface area contributed by atoms with Crippen LogP contribution in [-0.4, -0.2) is 131 Å². The Balaban J connectivity index is 0.000000264. The van der Waals surface area contributed by atoms with E-state index in [-0.39, 0.29) is 64.4 Å². The number of aromatic nitrogens is 7. The van der Waals surface area contributed by atoms with Gasteiger partial charge in [0.1, 0.15) is 17.2 Å². The third-order valence-electron chi connectivity index (χ3n) is 12.9. The number of esters is 1. The maximum atomic E-state index is 12.2. The van der Waals surface area contributed by atoms with Gasteiger partial charge in [0.2, 0.25) is 5.91 Å². The van der Waals surface area contributed by atoms with Gasteiger partial charge in [0.15, 0.2) is 28.9 Å². The summed E-state index contributed by atoms with van der Waals surface area (Å²) in [6.07, 6.45) is 3.63. The number of nitrogens with one attached hydrogen (secondary N) is 5. The summed E-state index contributed by atoms with van der Waals surface area (Å²) < 4.78 is 35.7. The number of aromatic amines is 2. The Kier molecular flexibility index (Phi) is 31.7. The molecule has 5 heterocycles. The number of ether oxygens (including phenoxy) is 4. The molecule has 0 aliphatic rings. The van der Waals surface area contributed by atoms with Gasteiger partial charge >= 0.3 is 41.5 Å². The number of aryl methyl sites for hydroxylation is 3. The van der Waals surface area contributed by atoms with E-state index in [9.17, 15) is 24.0 Å². The molecule has 0 aliphatic carbocycles. The first-order chi connectivity index (χ1) is 42.9. The molecular formula is C63H72N11NaO15. The van der Waals surface area contributed by atoms with E-state index < -0.39 is 5.97 Å². The van der Waals surface area contributed by atoms with E-state index >= 15 is 0 Å². The summed E-state index contributed by atoms with van der Waals surface area (Å²) in [5, 5.41) is 52.5. The molecule has 470 valence electrons. The third kappa shape index (κ3) is 22.8. The zero-order valence-corrected chi connectivity index (χ0v) is 52.8. The molecule has 0 bridgehead atoms. The van der Waals surface area contributed by atoms with E-state index in [2.05, 4.69) is 56.6 Å². The van der Waals surface area contributed by atoms with Gasteiger partial charge in [-0.05, 0) is 104 Å². The zero-order chi connectivity index (χ0) is 63.0. The molecule has 10 aromatic rings. The van der Waals surface area contributed by atoms with Gasteiger partial charge in [-0.3, -0.25) is 24.0 Å². The van der Waals surface area contributed by atoms with E-state index in [1.54, 1.807) is 39.5 Å². The molecule has 0 saturated heterocycles. The standard InChI is InChI=1S/C24H25N5O4.C14H15NO4.C13H13NO4.C11H14N4O.CH4O.Na.H2O/c1-32-18-10-7-16(8-11-18)21-15-17(29-33-21)9-12-22(30)25-13-4-14-26-23-19-5-2-3-6-20(19)24(31)28-27-23;1-17-12-6-3-10(4-7-12)13-9-11(15-19-13)5-8-14(16)18-2;1-17-11-5-2-9(3-6-11)12-8-10(14-18-12)4-7-13(15)16;12-6-3-7-13-10-8-4-1-2-5-9(8)11(16)15-14-10;1-2;;/h2-3,5-8,10-11,15H,4,9,12-14H2,1H3,(H,25,30)(H,26,27)(H,28,31);3-4,6-7,9H,5,8H2,1-2H3;2-3,5-6,8H,4,7H2,1H3,(H,15,16);1-2,4-5H,3,6-7,12H2,(H,13,14)(H,15,16);2H,1H3;;1H2/q;;;;;+1;/p-1. The van der Waals surface area contributed by atoms with E-state index in [0.717, 1.165) is 76.2 Å². The average Bonchev–Trinajstić information content (AvgIpc) is 3.98. The predicted molar refractivity (Wildman–Crippen MR) is 333 cm³/mol. The number of aliphatic hydroxyl groups is 1. The van der Waals surface area contributed by atoms with Crippen LogP contribution in [0.1, 0.15) is 49.2 Å². The number of methoxy groups -OCH3 is 4. The topological polar surface area (TPSA) is 390 Å². The van der Waals surface area contributed by atoms with Crippen LogP contribution < -0.4 is 76.6 Å². The van der Waals surface area contributed by atoms with Crippen molar-refractivity contribution in [2.45, 2.75) is 51.4 Å². The summed E-state index contributed by atoms with van der Waals surface area (Å²) in [6.45, 7) is 2.52. The first-order valence-electron chi connectivity index (χ1n) is 27.8. The van der Waals surface area contributed by atoms with Crippen LogP contribution in [-0.2, 0) is 38.4 Å². The van der Waals surface area contributed by atoms with Crippen LogP contribution in [0, 0.1) is 0 Å². The second kappa shape index (κ2) is 39.2. The molecule has 5 aromatic carbocycles. The molecule has 1 amide bonds. The summed E-state index contributed by atoms with van der Waals surface area (Å²) in [4.78, 5) is 57.0. The van der Waals surface area contributed by atoms with Gasteiger partial charge in [-0.15, -0.1) is 0 Å². The number of nitrogens with two attached hydrogens (primary N) is 1. The van der Waals surface area contributed by atoms with Crippen molar-refractivity contribution in [1.29, 1.82) is 0 Å². The first-order valence-corrected chi connectivity index (χ1v) is 27.8. The predicted octanol–water partition coefficient (Wildman–Crippen LogP) is 5.08. The molecule has 10 rings (SSSR count). The fraction of sp³-hybridized carbons (Fsp3) is 0.270. The number of aliphatic carboxylic acids is 1. The van der Waals surface area contributed by atoms with Crippen molar-refractivity contribution >= 4 is 51.0 Å². The number of H-pyrrole nitrogens is 2. The molecule has 0 spiro atoms. The van der Waals surface area contributed by atoms with Crippen LogP contribution in [0.25, 0.3) is 55.5 Å². The van der Waals surface area contributed by atoms with Crippen molar-refractivity contribution in [2.75, 3.05) is 72.4 Å². The number of benzene rings is 5. The number of rotatable bonds is 24. The quantitative estimate of drug-likeness (QED) is 0.0222. The number of carbonyl (C=O) groups is 3. The Morgan fingerprint density at radius 2 is 0.889 bits per heavy atom. The molecule has 0 aliphatic heterocycles. The van der Waals surface area contributed by atoms with Crippen molar-refractivity contribution in [1.82, 2.24) is 41.2 Å². The number of fused-ring (bicyclic) bond motifs is 2. The molecular weight excluding hydrogens is 1170 g/mol. The summed E-state index contributed by atoms with van der Waals surface area (Å²) in [5.74, 6) is 4.45. The molecule has 0 radical (unpaired) electrons. The molecule has 26 nitrogen and oxygen atoms in total. The van der Waals surface area contributed by atoms with Crippen LogP contribution >= 0.6 is 0 Å². The minimum atomic E-state index is -0.844. The van der Waals surface area contributed by atoms with Gasteiger partial charge in [-0.2, -0.15) is 10.2 Å². The van der Waals surface area contributed by atoms with Gasteiger partial charge in [-0.25, -0.2) is 10.2 Å². The zero-order valence-electron chi connectivity index (χ0n) is 50.8. The van der Waals surface area contributed by atoms with Crippen LogP contribution in [0.4, 0.5) is 11.6 Å². The Hall–Kier alpha value is -9.70. The van der Waals surface area contributed by atoms with Crippen molar-refractivity contribution in [3.63, 3.8) is 0 Å². The van der Waals surface area contributed by atoms with Crippen molar-refractivity contribution in [3.8, 4) is 51.2 Å². The summed E-state index contributed by atoms with van der Waals surface area (Å²) in [7, 11) is 7.21. The number of aliphatic hydroxyl groups excluding tert-OH is 1. The number of hydrogen-bond donors (Lipinski definition) is 8. The SMILES string of the molecule is CO.COC(=O)CCc1cc(-c2ccc(OC)cc2)on1.COc1ccc(-c2cc(CCC(=O)NCCCNc3n[nH]c(=O)c4ccccc34)no2)cc1.COc1ccc(-c2cc(CCC(=O)O)no2)cc1.NCCCNc1n[nH]c(=O)c2ccccc12.[Na+].[OH-]. The monoisotopic (exact) mass is 1250 g/mol. The van der Waals surface area contributed by atoms with Crippen LogP contribution in [0.2, 0.25) is 0 Å². The fourth-order valence-corrected chi connectivity index (χ4v) is 8.19. The maximum Gasteiger partial charge on any atom is 1.00 e. The molecule has 0 saturated carbocycles. The normalized spacial score (nSPS) is 10.1. The fourth-order valence-electron chi connectivity index (χ4n) is 8.19. The molecule has 10 N–H and O–H groups in total. The minimum Gasteiger partial charge on any atom is -0.870 e. The molecule has 5 aromatic heterocycles. The van der Waals surface area contributed by atoms with Crippen molar-refractivity contribution in [3.05, 3.63) is 177 Å². The largest absolute Gasteiger partial charge is 1.00 e. The molecule has 0 fully saturated rings. The Morgan fingerprint density at radius 3 is 1.26 bits per heavy atom. The van der Waals surface area contributed by atoms with Gasteiger partial charge in [0.05, 0.1) is 69.1 Å². The number of hydrogen-bond acceptors (Lipinski definition) is 22. The second-order valence-corrected chi connectivity index (χ2v) is 18.8. The number of nitrogens with zero attached hydrogens (tertiary/aromatic N) is 5. The number of carboxylic acid groups (broad SMARTS) is 1. The summed E-state index contributed by atoms with van der Waals surface area (Å²) >= 11 is 0. The average molecular weight is 1250 g/mol. The number of carbonyl (C=O) groups excluding carboxylic acids is 2. The van der Waals surface area contributed by atoms with E-state index in [1.807, 2.05) is 121 Å². The molecule has 0 atom stereocenters. The smallest absolute Gasteiger partial charge is 0.870 e. The minimum absolute atomic E-state index is 0. The van der Waals surface area contributed by atoms with Gasteiger partial charge in [0.25, 0.3) is 11.1 Å².